The molecule has 0 unspecified atom stereocenters. The first kappa shape index (κ1) is 10.2. The minimum Gasteiger partial charge on any atom is -0.326 e. The van der Waals surface area contributed by atoms with Crippen molar-refractivity contribution in [2.75, 3.05) is 0 Å². The topological polar surface area (TPSA) is 38.9 Å². The summed E-state index contributed by atoms with van der Waals surface area (Å²) in [5, 5.41) is 0. The van der Waals surface area contributed by atoms with Gasteiger partial charge in [-0.25, -0.2) is 0 Å². The van der Waals surface area contributed by atoms with Crippen molar-refractivity contribution < 1.29 is 0 Å². The fraction of sp³-hybridized carbons (Fsp3) is 0.0833. The molecule has 15 heavy (non-hydrogen) atoms. The van der Waals surface area contributed by atoms with Crippen LogP contribution in [0.4, 0.5) is 0 Å². The zero-order chi connectivity index (χ0) is 10.5. The van der Waals surface area contributed by atoms with E-state index in [9.17, 15) is 0 Å². The van der Waals surface area contributed by atoms with E-state index < -0.39 is 0 Å². The van der Waals surface area contributed by atoms with Crippen molar-refractivity contribution in [2.24, 2.45) is 5.73 Å². The Hall–Kier alpha value is -1.32. The Labute approximate surface area is 93.5 Å². The molecule has 0 spiro atoms. The van der Waals surface area contributed by atoms with Crippen LogP contribution in [0.25, 0.3) is 0 Å². The number of nitrogens with zero attached hydrogens (tertiary/aromatic N) is 1. The van der Waals surface area contributed by atoms with Gasteiger partial charge in [0, 0.05) is 28.7 Å². The summed E-state index contributed by atoms with van der Waals surface area (Å²) in [6, 6.07) is 12.3. The molecule has 0 aliphatic carbocycles. The normalized spacial score (nSPS) is 10.2. The van der Waals surface area contributed by atoms with Gasteiger partial charge < -0.3 is 5.73 Å². The SMILES string of the molecule is NCc1ccc(Sc2ccncc2)cc1. The number of pyridine rings is 1. The summed E-state index contributed by atoms with van der Waals surface area (Å²) in [7, 11) is 0. The number of benzene rings is 1. The number of aromatic nitrogens is 1. The summed E-state index contributed by atoms with van der Waals surface area (Å²) in [6.07, 6.45) is 3.60. The Balaban J connectivity index is 2.11. The fourth-order valence-electron chi connectivity index (χ4n) is 1.24. The molecule has 2 aromatic rings. The molecule has 3 heteroatoms. The smallest absolute Gasteiger partial charge is 0.0279 e. The van der Waals surface area contributed by atoms with Crippen LogP contribution in [-0.2, 0) is 6.54 Å². The first-order valence-corrected chi connectivity index (χ1v) is 5.57. The lowest BCUT2D eigenvalue weighted by molar-refractivity contribution is 1.07. The average molecular weight is 216 g/mol. The van der Waals surface area contributed by atoms with E-state index in [0.29, 0.717) is 6.54 Å². The van der Waals surface area contributed by atoms with Gasteiger partial charge in [0.1, 0.15) is 0 Å². The predicted molar refractivity (Wildman–Crippen MR) is 62.7 cm³/mol. The Morgan fingerprint density at radius 3 is 2.13 bits per heavy atom. The van der Waals surface area contributed by atoms with Crippen LogP contribution >= 0.6 is 11.8 Å². The maximum Gasteiger partial charge on any atom is 0.0279 e. The van der Waals surface area contributed by atoms with Crippen LogP contribution < -0.4 is 5.73 Å². The molecule has 1 aromatic heterocycles. The molecular formula is C12H12N2S. The fourth-order valence-corrected chi connectivity index (χ4v) is 2.04. The van der Waals surface area contributed by atoms with E-state index >= 15 is 0 Å². The van der Waals surface area contributed by atoms with E-state index in [1.807, 2.05) is 12.1 Å². The minimum atomic E-state index is 0.597. The third-order valence-electron chi connectivity index (χ3n) is 2.04. The lowest BCUT2D eigenvalue weighted by Gasteiger charge is -2.02. The van der Waals surface area contributed by atoms with E-state index in [2.05, 4.69) is 29.2 Å². The van der Waals surface area contributed by atoms with E-state index in [-0.39, 0.29) is 0 Å². The maximum absolute atomic E-state index is 5.54. The molecule has 0 aliphatic rings. The van der Waals surface area contributed by atoms with E-state index in [0.717, 1.165) is 5.56 Å². The first-order chi connectivity index (χ1) is 7.38. The largest absolute Gasteiger partial charge is 0.326 e. The van der Waals surface area contributed by atoms with Crippen LogP contribution in [0.5, 0.6) is 0 Å². The molecular weight excluding hydrogens is 204 g/mol. The standard InChI is InChI=1S/C12H12N2S/c13-9-10-1-3-11(4-2-10)15-12-5-7-14-8-6-12/h1-8H,9,13H2. The second kappa shape index (κ2) is 4.96. The van der Waals surface area contributed by atoms with Gasteiger partial charge in [-0.2, -0.15) is 0 Å². The van der Waals surface area contributed by atoms with Crippen molar-refractivity contribution in [2.45, 2.75) is 16.3 Å². The van der Waals surface area contributed by atoms with Crippen LogP contribution in [0.2, 0.25) is 0 Å². The molecule has 1 aromatic carbocycles. The molecule has 2 N–H and O–H groups in total. The molecule has 2 nitrogen and oxygen atoms in total. The van der Waals surface area contributed by atoms with Gasteiger partial charge >= 0.3 is 0 Å². The molecule has 0 bridgehead atoms. The zero-order valence-electron chi connectivity index (χ0n) is 8.26. The molecule has 0 atom stereocenters. The van der Waals surface area contributed by atoms with Crippen molar-refractivity contribution in [1.29, 1.82) is 0 Å². The summed E-state index contributed by atoms with van der Waals surface area (Å²) >= 11 is 1.73. The van der Waals surface area contributed by atoms with Crippen LogP contribution in [-0.4, -0.2) is 4.98 Å². The van der Waals surface area contributed by atoms with Crippen molar-refractivity contribution in [3.05, 3.63) is 54.4 Å². The molecule has 0 radical (unpaired) electrons. The highest BCUT2D eigenvalue weighted by Crippen LogP contribution is 2.26. The lowest BCUT2D eigenvalue weighted by Crippen LogP contribution is -1.94. The Morgan fingerprint density at radius 1 is 0.933 bits per heavy atom. The van der Waals surface area contributed by atoms with Gasteiger partial charge in [-0.05, 0) is 29.8 Å². The number of hydrogen-bond acceptors (Lipinski definition) is 3. The quantitative estimate of drug-likeness (QED) is 0.857. The van der Waals surface area contributed by atoms with Crippen molar-refractivity contribution in [3.63, 3.8) is 0 Å². The second-order valence-corrected chi connectivity index (χ2v) is 4.28. The Kier molecular flexibility index (Phi) is 3.37. The number of nitrogens with two attached hydrogens (primary N) is 1. The summed E-state index contributed by atoms with van der Waals surface area (Å²) in [6.45, 7) is 0.597. The van der Waals surface area contributed by atoms with Crippen LogP contribution in [0.15, 0.2) is 58.6 Å². The Morgan fingerprint density at radius 2 is 1.53 bits per heavy atom. The molecule has 2 rings (SSSR count). The molecule has 76 valence electrons. The predicted octanol–water partition coefficient (Wildman–Crippen LogP) is 2.69. The van der Waals surface area contributed by atoms with Gasteiger partial charge in [0.05, 0.1) is 0 Å². The zero-order valence-corrected chi connectivity index (χ0v) is 9.08. The van der Waals surface area contributed by atoms with Gasteiger partial charge in [0.2, 0.25) is 0 Å². The molecule has 0 fully saturated rings. The van der Waals surface area contributed by atoms with Crippen molar-refractivity contribution >= 4 is 11.8 Å². The summed E-state index contributed by atoms with van der Waals surface area (Å²) < 4.78 is 0. The van der Waals surface area contributed by atoms with Crippen LogP contribution in [0.1, 0.15) is 5.56 Å². The van der Waals surface area contributed by atoms with E-state index in [1.165, 1.54) is 9.79 Å². The molecule has 0 saturated carbocycles. The highest BCUT2D eigenvalue weighted by atomic mass is 32.2. The van der Waals surface area contributed by atoms with E-state index in [1.54, 1.807) is 24.2 Å². The van der Waals surface area contributed by atoms with Crippen LogP contribution in [0, 0.1) is 0 Å². The average Bonchev–Trinajstić information content (AvgIpc) is 2.31. The van der Waals surface area contributed by atoms with Gasteiger partial charge in [-0.15, -0.1) is 0 Å². The van der Waals surface area contributed by atoms with Crippen LogP contribution in [0.3, 0.4) is 0 Å². The monoisotopic (exact) mass is 216 g/mol. The highest BCUT2D eigenvalue weighted by molar-refractivity contribution is 7.99. The summed E-state index contributed by atoms with van der Waals surface area (Å²) in [5.74, 6) is 0. The number of rotatable bonds is 3. The highest BCUT2D eigenvalue weighted by Gasteiger charge is 1.96. The third kappa shape index (κ3) is 2.81. The van der Waals surface area contributed by atoms with Gasteiger partial charge in [0.25, 0.3) is 0 Å². The second-order valence-electron chi connectivity index (χ2n) is 3.13. The summed E-state index contributed by atoms with van der Waals surface area (Å²) in [4.78, 5) is 6.40. The van der Waals surface area contributed by atoms with E-state index in [4.69, 9.17) is 5.73 Å². The Bertz CT molecular complexity index is 411. The third-order valence-corrected chi connectivity index (χ3v) is 3.06. The molecule has 1 heterocycles. The van der Waals surface area contributed by atoms with Crippen molar-refractivity contribution in [3.8, 4) is 0 Å². The minimum absolute atomic E-state index is 0.597. The molecule has 0 aliphatic heterocycles. The van der Waals surface area contributed by atoms with Gasteiger partial charge in [-0.3, -0.25) is 4.98 Å². The van der Waals surface area contributed by atoms with Gasteiger partial charge in [-0.1, -0.05) is 23.9 Å². The van der Waals surface area contributed by atoms with Gasteiger partial charge in [0.15, 0.2) is 0 Å². The lowest BCUT2D eigenvalue weighted by atomic mass is 10.2. The number of hydrogen-bond donors (Lipinski definition) is 1. The molecule has 0 amide bonds. The maximum atomic E-state index is 5.54. The van der Waals surface area contributed by atoms with Crippen molar-refractivity contribution in [1.82, 2.24) is 4.98 Å². The molecule has 0 saturated heterocycles. The summed E-state index contributed by atoms with van der Waals surface area (Å²) in [5.41, 5.74) is 6.70. The first-order valence-electron chi connectivity index (χ1n) is 4.75.